The van der Waals surface area contributed by atoms with Gasteiger partial charge in [0.05, 0.1) is 5.69 Å². The van der Waals surface area contributed by atoms with Crippen LogP contribution >= 0.6 is 0 Å². The molecule has 108 valence electrons. The summed E-state index contributed by atoms with van der Waals surface area (Å²) in [7, 11) is 0. The quantitative estimate of drug-likeness (QED) is 0.348. The fraction of sp³-hybridized carbons (Fsp3) is 0.0455. The van der Waals surface area contributed by atoms with Gasteiger partial charge in [0.1, 0.15) is 0 Å². The fourth-order valence-corrected chi connectivity index (χ4v) is 3.70. The van der Waals surface area contributed by atoms with E-state index < -0.39 is 0 Å². The van der Waals surface area contributed by atoms with Crippen molar-refractivity contribution < 1.29 is 0 Å². The molecule has 1 aliphatic carbocycles. The van der Waals surface area contributed by atoms with Crippen molar-refractivity contribution in [2.75, 3.05) is 0 Å². The predicted molar refractivity (Wildman–Crippen MR) is 96.3 cm³/mol. The highest BCUT2D eigenvalue weighted by atomic mass is 14.7. The first-order valence-electron chi connectivity index (χ1n) is 7.91. The Labute approximate surface area is 135 Å². The van der Waals surface area contributed by atoms with Crippen LogP contribution in [0.4, 0.5) is 0 Å². The second-order valence-corrected chi connectivity index (χ2v) is 6.16. The smallest absolute Gasteiger partial charge is 0.0792 e. The third kappa shape index (κ3) is 1.71. The molecule has 1 heterocycles. The van der Waals surface area contributed by atoms with E-state index in [1.807, 2.05) is 6.20 Å². The molecule has 0 saturated heterocycles. The van der Waals surface area contributed by atoms with Crippen LogP contribution < -0.4 is 0 Å². The minimum absolute atomic E-state index is 1.09. The summed E-state index contributed by atoms with van der Waals surface area (Å²) in [4.78, 5) is 4.75. The number of hydrogen-bond acceptors (Lipinski definition) is 1. The van der Waals surface area contributed by atoms with Crippen molar-refractivity contribution in [3.63, 3.8) is 0 Å². The highest BCUT2D eigenvalue weighted by Crippen LogP contribution is 2.46. The molecule has 1 aliphatic rings. The Balaban J connectivity index is 2.08. The minimum atomic E-state index is 1.09. The monoisotopic (exact) mass is 293 g/mol. The molecule has 0 bridgehead atoms. The molecular formula is C22H15N. The molecule has 0 saturated carbocycles. The van der Waals surface area contributed by atoms with Crippen molar-refractivity contribution >= 4 is 10.8 Å². The summed E-state index contributed by atoms with van der Waals surface area (Å²) in [6.07, 6.45) is 1.92. The van der Waals surface area contributed by atoms with Crippen molar-refractivity contribution in [2.45, 2.75) is 6.92 Å². The Morgan fingerprint density at radius 2 is 1.43 bits per heavy atom. The van der Waals surface area contributed by atoms with E-state index in [1.54, 1.807) is 0 Å². The van der Waals surface area contributed by atoms with E-state index in [0.717, 1.165) is 5.69 Å². The van der Waals surface area contributed by atoms with E-state index in [2.05, 4.69) is 73.7 Å². The summed E-state index contributed by atoms with van der Waals surface area (Å²) in [6, 6.07) is 24.0. The number of hydrogen-bond donors (Lipinski definition) is 0. The highest BCUT2D eigenvalue weighted by molar-refractivity contribution is 6.12. The second kappa shape index (κ2) is 4.53. The summed E-state index contributed by atoms with van der Waals surface area (Å²) in [6.45, 7) is 2.15. The minimum Gasteiger partial charge on any atom is -0.256 e. The Bertz CT molecular complexity index is 1070. The molecule has 0 radical (unpaired) electrons. The maximum absolute atomic E-state index is 4.75. The third-order valence-corrected chi connectivity index (χ3v) is 4.73. The van der Waals surface area contributed by atoms with Gasteiger partial charge < -0.3 is 0 Å². The van der Waals surface area contributed by atoms with Gasteiger partial charge in [-0.1, -0.05) is 66.2 Å². The molecule has 0 spiro atoms. The van der Waals surface area contributed by atoms with Crippen molar-refractivity contribution in [3.8, 4) is 33.5 Å². The van der Waals surface area contributed by atoms with Gasteiger partial charge in [-0.15, -0.1) is 0 Å². The Kier molecular flexibility index (Phi) is 2.48. The van der Waals surface area contributed by atoms with Crippen LogP contribution in [0.25, 0.3) is 44.3 Å². The van der Waals surface area contributed by atoms with Gasteiger partial charge in [0, 0.05) is 17.1 Å². The number of nitrogens with zero attached hydrogens (tertiary/aromatic N) is 1. The van der Waals surface area contributed by atoms with E-state index in [0.29, 0.717) is 0 Å². The van der Waals surface area contributed by atoms with Gasteiger partial charge in [0.2, 0.25) is 0 Å². The second-order valence-electron chi connectivity index (χ2n) is 6.16. The molecule has 0 atom stereocenters. The third-order valence-electron chi connectivity index (χ3n) is 4.73. The lowest BCUT2D eigenvalue weighted by molar-refractivity contribution is 1.35. The molecule has 0 unspecified atom stereocenters. The lowest BCUT2D eigenvalue weighted by atomic mass is 9.93. The maximum atomic E-state index is 4.75. The number of pyridine rings is 1. The topological polar surface area (TPSA) is 12.9 Å². The zero-order chi connectivity index (χ0) is 15.4. The van der Waals surface area contributed by atoms with Gasteiger partial charge in [0.25, 0.3) is 0 Å². The normalized spacial score (nSPS) is 11.7. The van der Waals surface area contributed by atoms with Gasteiger partial charge >= 0.3 is 0 Å². The number of fused-ring (bicyclic) bond motifs is 5. The molecule has 1 heteroatoms. The van der Waals surface area contributed by atoms with E-state index in [9.17, 15) is 0 Å². The Morgan fingerprint density at radius 3 is 2.30 bits per heavy atom. The van der Waals surface area contributed by atoms with Gasteiger partial charge in [-0.25, -0.2) is 0 Å². The van der Waals surface area contributed by atoms with Gasteiger partial charge in [-0.3, -0.25) is 4.98 Å². The summed E-state index contributed by atoms with van der Waals surface area (Å²) in [5.41, 5.74) is 8.71. The zero-order valence-corrected chi connectivity index (χ0v) is 12.9. The van der Waals surface area contributed by atoms with Crippen molar-refractivity contribution in [2.24, 2.45) is 0 Å². The van der Waals surface area contributed by atoms with E-state index >= 15 is 0 Å². The molecule has 0 N–H and O–H groups in total. The molecule has 0 amide bonds. The van der Waals surface area contributed by atoms with Crippen molar-refractivity contribution in [1.29, 1.82) is 0 Å². The summed E-state index contributed by atoms with van der Waals surface area (Å²) < 4.78 is 0. The SMILES string of the molecule is Cc1ccc2c(c1)-c1ccccc1-c1cccc3ccnc-2c13. The standard InChI is InChI=1S/C22H15N/c1-14-9-10-19-20(13-14)17-7-3-2-6-16(17)18-8-4-5-15-11-12-23-22(19)21(15)18/h2-13H,1H3. The van der Waals surface area contributed by atoms with E-state index in [-0.39, 0.29) is 0 Å². The van der Waals surface area contributed by atoms with Crippen LogP contribution in [0.5, 0.6) is 0 Å². The molecule has 4 aromatic rings. The molecule has 0 aliphatic heterocycles. The first kappa shape index (κ1) is 12.6. The largest absolute Gasteiger partial charge is 0.256 e. The number of aromatic nitrogens is 1. The van der Waals surface area contributed by atoms with Crippen LogP contribution in [0.15, 0.2) is 72.9 Å². The number of benzene rings is 3. The first-order chi connectivity index (χ1) is 11.3. The molecule has 1 aromatic heterocycles. The van der Waals surface area contributed by atoms with Gasteiger partial charge in [-0.2, -0.15) is 0 Å². The average molecular weight is 293 g/mol. The molecule has 23 heavy (non-hydrogen) atoms. The first-order valence-corrected chi connectivity index (χ1v) is 7.91. The Hall–Kier alpha value is -2.93. The predicted octanol–water partition coefficient (Wildman–Crippen LogP) is 5.86. The summed E-state index contributed by atoms with van der Waals surface area (Å²) in [5, 5.41) is 2.50. The molecule has 5 rings (SSSR count). The van der Waals surface area contributed by atoms with Gasteiger partial charge in [-0.05, 0) is 40.6 Å². The Morgan fingerprint density at radius 1 is 0.652 bits per heavy atom. The van der Waals surface area contributed by atoms with Crippen LogP contribution in [0.2, 0.25) is 0 Å². The van der Waals surface area contributed by atoms with Gasteiger partial charge in [0.15, 0.2) is 0 Å². The molecule has 0 fully saturated rings. The number of aryl methyl sites for hydroxylation is 1. The lowest BCUT2D eigenvalue weighted by Gasteiger charge is -2.10. The molecule has 3 aromatic carbocycles. The van der Waals surface area contributed by atoms with E-state index in [4.69, 9.17) is 4.98 Å². The number of rotatable bonds is 0. The van der Waals surface area contributed by atoms with E-state index in [1.165, 1.54) is 44.2 Å². The average Bonchev–Trinajstić information content (AvgIpc) is 2.71. The highest BCUT2D eigenvalue weighted by Gasteiger charge is 2.21. The van der Waals surface area contributed by atoms with Crippen LogP contribution in [0, 0.1) is 6.92 Å². The lowest BCUT2D eigenvalue weighted by Crippen LogP contribution is -1.88. The van der Waals surface area contributed by atoms with Crippen LogP contribution in [0.3, 0.4) is 0 Å². The summed E-state index contributed by atoms with van der Waals surface area (Å²) in [5.74, 6) is 0. The van der Waals surface area contributed by atoms with Crippen LogP contribution in [0.1, 0.15) is 5.56 Å². The van der Waals surface area contributed by atoms with Crippen LogP contribution in [-0.2, 0) is 0 Å². The van der Waals surface area contributed by atoms with Crippen molar-refractivity contribution in [3.05, 3.63) is 78.5 Å². The van der Waals surface area contributed by atoms with Crippen LogP contribution in [-0.4, -0.2) is 4.98 Å². The maximum Gasteiger partial charge on any atom is 0.0792 e. The van der Waals surface area contributed by atoms with Crippen molar-refractivity contribution in [1.82, 2.24) is 4.98 Å². The fourth-order valence-electron chi connectivity index (χ4n) is 3.70. The molecule has 1 nitrogen and oxygen atoms in total. The molecular weight excluding hydrogens is 278 g/mol. The summed E-state index contributed by atoms with van der Waals surface area (Å²) >= 11 is 0. The zero-order valence-electron chi connectivity index (χ0n) is 12.9.